The average molecular weight is 147 g/mol. The quantitative estimate of drug-likeness (QED) is 0.582. The summed E-state index contributed by atoms with van der Waals surface area (Å²) in [5, 5.41) is 0. The van der Waals surface area contributed by atoms with Crippen LogP contribution in [-0.2, 0) is 0 Å². The topological polar surface area (TPSA) is 9.23 Å². The van der Waals surface area contributed by atoms with Gasteiger partial charge in [-0.15, -0.1) is 0 Å². The third-order valence-corrected chi connectivity index (χ3v) is 1.11. The maximum Gasteiger partial charge on any atom is 0.119 e. The van der Waals surface area contributed by atoms with E-state index in [4.69, 9.17) is 4.74 Å². The molecule has 1 rings (SSSR count). The molecule has 1 nitrogen and oxygen atoms in total. The van der Waals surface area contributed by atoms with Crippen molar-refractivity contribution in [3.63, 3.8) is 0 Å². The Kier molecular flexibility index (Phi) is 4.43. The molecule has 1 aromatic carbocycles. The largest absolute Gasteiger partial charge is 0.491 e. The lowest BCUT2D eigenvalue weighted by Gasteiger charge is -2.07. The monoisotopic (exact) mass is 147 g/mol. The highest BCUT2D eigenvalue weighted by atomic mass is 16.5. The second-order valence-electron chi connectivity index (χ2n) is 2.48. The van der Waals surface area contributed by atoms with Gasteiger partial charge in [-0.25, -0.2) is 0 Å². The zero-order valence-corrected chi connectivity index (χ0v) is 6.95. The van der Waals surface area contributed by atoms with Crippen LogP contribution in [0.3, 0.4) is 0 Å². The number of hydrogen-bond acceptors (Lipinski definition) is 1. The van der Waals surface area contributed by atoms with Crippen molar-refractivity contribution in [3.8, 4) is 5.75 Å². The molecule has 57 valence electrons. The Balaban J connectivity index is 0.000001000. The van der Waals surface area contributed by atoms with Crippen molar-refractivity contribution in [1.82, 2.24) is 0 Å². The third-order valence-electron chi connectivity index (χ3n) is 1.11. The molecule has 0 aliphatic rings. The molecule has 0 spiro atoms. The van der Waals surface area contributed by atoms with E-state index in [-0.39, 0.29) is 14.5 Å². The molecular formula is C9H12BO. The van der Waals surface area contributed by atoms with Gasteiger partial charge in [0.15, 0.2) is 0 Å². The molecule has 3 radical (unpaired) electrons. The van der Waals surface area contributed by atoms with E-state index >= 15 is 0 Å². The molecule has 0 saturated carbocycles. The van der Waals surface area contributed by atoms with E-state index in [1.807, 2.05) is 44.2 Å². The van der Waals surface area contributed by atoms with Gasteiger partial charge < -0.3 is 4.74 Å². The van der Waals surface area contributed by atoms with Gasteiger partial charge in [-0.05, 0) is 26.0 Å². The fraction of sp³-hybridized carbons (Fsp3) is 0.333. The van der Waals surface area contributed by atoms with Crippen molar-refractivity contribution in [3.05, 3.63) is 30.3 Å². The van der Waals surface area contributed by atoms with Gasteiger partial charge in [-0.2, -0.15) is 0 Å². The summed E-state index contributed by atoms with van der Waals surface area (Å²) in [6.07, 6.45) is 0.266. The van der Waals surface area contributed by atoms with Crippen LogP contribution in [0.1, 0.15) is 13.8 Å². The Hall–Kier alpha value is -0.915. The van der Waals surface area contributed by atoms with E-state index in [0.29, 0.717) is 0 Å². The average Bonchev–Trinajstić information content (AvgIpc) is 1.88. The van der Waals surface area contributed by atoms with Crippen molar-refractivity contribution in [2.75, 3.05) is 0 Å². The molecule has 0 atom stereocenters. The van der Waals surface area contributed by atoms with Gasteiger partial charge in [0.2, 0.25) is 0 Å². The first-order valence-corrected chi connectivity index (χ1v) is 3.51. The first kappa shape index (κ1) is 10.1. The molecule has 1 aromatic rings. The standard InChI is InChI=1S/C9H12O.B/c1-8(2)10-9-6-4-3-5-7-9;/h3-8H,1-2H3;. The van der Waals surface area contributed by atoms with E-state index in [1.165, 1.54) is 0 Å². The van der Waals surface area contributed by atoms with Crippen molar-refractivity contribution in [1.29, 1.82) is 0 Å². The van der Waals surface area contributed by atoms with E-state index < -0.39 is 0 Å². The predicted octanol–water partition coefficient (Wildman–Crippen LogP) is 2.09. The van der Waals surface area contributed by atoms with Crippen molar-refractivity contribution < 1.29 is 4.74 Å². The summed E-state index contributed by atoms with van der Waals surface area (Å²) < 4.78 is 5.41. The molecule has 0 unspecified atom stereocenters. The van der Waals surface area contributed by atoms with Gasteiger partial charge in [0, 0.05) is 8.41 Å². The Morgan fingerprint density at radius 2 is 1.64 bits per heavy atom. The fourth-order valence-corrected chi connectivity index (χ4v) is 0.771. The number of para-hydroxylation sites is 1. The maximum absolute atomic E-state index is 5.41. The van der Waals surface area contributed by atoms with E-state index in [0.717, 1.165) is 5.75 Å². The van der Waals surface area contributed by atoms with E-state index in [9.17, 15) is 0 Å². The second kappa shape index (κ2) is 4.83. The van der Waals surface area contributed by atoms with Crippen LogP contribution >= 0.6 is 0 Å². The number of benzene rings is 1. The molecule has 2 heteroatoms. The maximum atomic E-state index is 5.41. The molecule has 0 aromatic heterocycles. The van der Waals surface area contributed by atoms with E-state index in [1.54, 1.807) is 0 Å². The number of rotatable bonds is 2. The van der Waals surface area contributed by atoms with Crippen LogP contribution in [0, 0.1) is 0 Å². The highest BCUT2D eigenvalue weighted by Crippen LogP contribution is 2.09. The SMILES string of the molecule is CC(C)Oc1ccccc1.[B]. The normalized spacial score (nSPS) is 9.00. The summed E-state index contributed by atoms with van der Waals surface area (Å²) >= 11 is 0. The van der Waals surface area contributed by atoms with Crippen molar-refractivity contribution >= 4 is 8.41 Å². The Labute approximate surface area is 70.0 Å². The molecule has 0 aliphatic carbocycles. The lowest BCUT2D eigenvalue weighted by atomic mass is 10.3. The van der Waals surface area contributed by atoms with Crippen LogP contribution < -0.4 is 4.74 Å². The van der Waals surface area contributed by atoms with Crippen LogP contribution in [0.25, 0.3) is 0 Å². The molecule has 0 aliphatic heterocycles. The Bertz CT molecular complexity index is 184. The van der Waals surface area contributed by atoms with Crippen molar-refractivity contribution in [2.24, 2.45) is 0 Å². The van der Waals surface area contributed by atoms with Gasteiger partial charge in [-0.1, -0.05) is 18.2 Å². The molecule has 0 saturated heterocycles. The molecule has 11 heavy (non-hydrogen) atoms. The Morgan fingerprint density at radius 1 is 1.09 bits per heavy atom. The first-order chi connectivity index (χ1) is 4.79. The fourth-order valence-electron chi connectivity index (χ4n) is 0.771. The summed E-state index contributed by atoms with van der Waals surface area (Å²) in [6.45, 7) is 4.04. The summed E-state index contributed by atoms with van der Waals surface area (Å²) in [5.41, 5.74) is 0. The minimum Gasteiger partial charge on any atom is -0.491 e. The van der Waals surface area contributed by atoms with Gasteiger partial charge in [0.05, 0.1) is 6.10 Å². The van der Waals surface area contributed by atoms with Crippen LogP contribution in [0.2, 0.25) is 0 Å². The smallest absolute Gasteiger partial charge is 0.119 e. The zero-order valence-electron chi connectivity index (χ0n) is 6.95. The number of hydrogen-bond donors (Lipinski definition) is 0. The molecular weight excluding hydrogens is 135 g/mol. The highest BCUT2D eigenvalue weighted by molar-refractivity contribution is 5.75. The minimum atomic E-state index is 0. The number of ether oxygens (including phenoxy) is 1. The van der Waals surface area contributed by atoms with Crippen LogP contribution in [-0.4, -0.2) is 14.5 Å². The predicted molar refractivity (Wildman–Crippen MR) is 48.0 cm³/mol. The lowest BCUT2D eigenvalue weighted by Crippen LogP contribution is -2.04. The molecule has 0 amide bonds. The molecule has 0 fully saturated rings. The van der Waals surface area contributed by atoms with Gasteiger partial charge >= 0.3 is 0 Å². The van der Waals surface area contributed by atoms with Gasteiger partial charge in [0.1, 0.15) is 5.75 Å². The van der Waals surface area contributed by atoms with Gasteiger partial charge in [-0.3, -0.25) is 0 Å². The van der Waals surface area contributed by atoms with Crippen molar-refractivity contribution in [2.45, 2.75) is 20.0 Å². The summed E-state index contributed by atoms with van der Waals surface area (Å²) in [7, 11) is 0. The first-order valence-electron chi connectivity index (χ1n) is 3.51. The highest BCUT2D eigenvalue weighted by Gasteiger charge is 1.92. The summed E-state index contributed by atoms with van der Waals surface area (Å²) in [6, 6.07) is 9.84. The molecule has 0 bridgehead atoms. The van der Waals surface area contributed by atoms with Gasteiger partial charge in [0.25, 0.3) is 0 Å². The second-order valence-corrected chi connectivity index (χ2v) is 2.48. The zero-order chi connectivity index (χ0) is 7.40. The summed E-state index contributed by atoms with van der Waals surface area (Å²) in [4.78, 5) is 0. The Morgan fingerprint density at radius 3 is 2.09 bits per heavy atom. The van der Waals surface area contributed by atoms with Crippen LogP contribution in [0.5, 0.6) is 5.75 Å². The van der Waals surface area contributed by atoms with Crippen LogP contribution in [0.4, 0.5) is 0 Å². The third kappa shape index (κ3) is 3.71. The summed E-state index contributed by atoms with van der Waals surface area (Å²) in [5.74, 6) is 0.942. The molecule has 0 N–H and O–H groups in total. The van der Waals surface area contributed by atoms with Crippen LogP contribution in [0.15, 0.2) is 30.3 Å². The minimum absolute atomic E-state index is 0. The van der Waals surface area contributed by atoms with E-state index in [2.05, 4.69) is 0 Å². The molecule has 0 heterocycles. The lowest BCUT2D eigenvalue weighted by molar-refractivity contribution is 0.242.